The van der Waals surface area contributed by atoms with Crippen molar-refractivity contribution in [2.24, 2.45) is 5.73 Å². The summed E-state index contributed by atoms with van der Waals surface area (Å²) in [6.45, 7) is 4.77. The van der Waals surface area contributed by atoms with E-state index in [0.29, 0.717) is 30.3 Å². The molecule has 0 unspecified atom stereocenters. The molecular formula is C23H30N4O2S. The van der Waals surface area contributed by atoms with Gasteiger partial charge in [0.25, 0.3) is 0 Å². The Morgan fingerprint density at radius 2 is 1.97 bits per heavy atom. The highest BCUT2D eigenvalue weighted by Crippen LogP contribution is 2.51. The van der Waals surface area contributed by atoms with Crippen LogP contribution in [0, 0.1) is 6.92 Å². The van der Waals surface area contributed by atoms with Gasteiger partial charge in [-0.2, -0.15) is 10.6 Å². The van der Waals surface area contributed by atoms with E-state index in [4.69, 9.17) is 10.7 Å². The molecule has 1 aliphatic rings. The molecule has 4 rings (SSSR count). The Morgan fingerprint density at radius 1 is 1.13 bits per heavy atom. The molecule has 5 N–H and O–H groups in total. The quantitative estimate of drug-likeness (QED) is 0.422. The van der Waals surface area contributed by atoms with Crippen molar-refractivity contribution in [1.82, 2.24) is 4.98 Å². The van der Waals surface area contributed by atoms with Gasteiger partial charge in [-0.05, 0) is 50.1 Å². The molecule has 0 atom stereocenters. The lowest BCUT2D eigenvalue weighted by atomic mass is 10.1. The van der Waals surface area contributed by atoms with Crippen molar-refractivity contribution in [1.29, 1.82) is 0 Å². The molecule has 2 heterocycles. The van der Waals surface area contributed by atoms with Crippen LogP contribution in [0.1, 0.15) is 24.0 Å². The summed E-state index contributed by atoms with van der Waals surface area (Å²) in [5.41, 5.74) is 9.76. The lowest BCUT2D eigenvalue weighted by molar-refractivity contribution is 0.488. The van der Waals surface area contributed by atoms with Gasteiger partial charge in [-0.25, -0.2) is 4.98 Å². The summed E-state index contributed by atoms with van der Waals surface area (Å²) in [5, 5.41) is 4.67. The van der Waals surface area contributed by atoms with E-state index < -0.39 is 10.6 Å². The number of nitrogens with one attached hydrogen (secondary N) is 1. The summed E-state index contributed by atoms with van der Waals surface area (Å²) in [5.74, 6) is 1.15. The Balaban J connectivity index is 1.71. The lowest BCUT2D eigenvalue weighted by Gasteiger charge is -2.32. The number of unbranched alkanes of at least 4 members (excludes halogenated alkanes) is 1. The minimum Gasteiger partial charge on any atom is -0.384 e. The maximum Gasteiger partial charge on any atom is 0.131 e. The molecule has 3 aromatic rings. The predicted molar refractivity (Wildman–Crippen MR) is 127 cm³/mol. The minimum absolute atomic E-state index is 0.302. The zero-order valence-electron chi connectivity index (χ0n) is 17.3. The van der Waals surface area contributed by atoms with E-state index in [1.807, 2.05) is 24.3 Å². The monoisotopic (exact) mass is 426 g/mol. The Morgan fingerprint density at radius 3 is 2.80 bits per heavy atom. The number of anilines is 2. The fourth-order valence-corrected chi connectivity index (χ4v) is 5.45. The van der Waals surface area contributed by atoms with E-state index in [2.05, 4.69) is 41.4 Å². The van der Waals surface area contributed by atoms with E-state index in [1.165, 1.54) is 5.56 Å². The zero-order valence-corrected chi connectivity index (χ0v) is 18.2. The second kappa shape index (κ2) is 8.81. The molecular weight excluding hydrogens is 396 g/mol. The van der Waals surface area contributed by atoms with Crippen LogP contribution in [-0.2, 0) is 6.54 Å². The van der Waals surface area contributed by atoms with Crippen LogP contribution in [0.5, 0.6) is 0 Å². The lowest BCUT2D eigenvalue weighted by Crippen LogP contribution is -2.26. The third-order valence-corrected chi connectivity index (χ3v) is 7.41. The molecule has 0 spiro atoms. The second-order valence-corrected chi connectivity index (χ2v) is 10.1. The van der Waals surface area contributed by atoms with Gasteiger partial charge in [-0.1, -0.05) is 29.8 Å². The first kappa shape index (κ1) is 20.9. The number of aryl methyl sites for hydroxylation is 1. The van der Waals surface area contributed by atoms with Crippen LogP contribution in [-0.4, -0.2) is 39.5 Å². The summed E-state index contributed by atoms with van der Waals surface area (Å²) in [6, 6.07) is 16.0. The maximum absolute atomic E-state index is 10.7. The van der Waals surface area contributed by atoms with Crippen LogP contribution in [0.2, 0.25) is 0 Å². The first-order valence-corrected chi connectivity index (χ1v) is 12.1. The van der Waals surface area contributed by atoms with Gasteiger partial charge in [-0.3, -0.25) is 9.11 Å². The number of hydrogen-bond donors (Lipinski definition) is 4. The van der Waals surface area contributed by atoms with Crippen LogP contribution in [0.25, 0.3) is 10.9 Å². The van der Waals surface area contributed by atoms with Crippen LogP contribution in [0.15, 0.2) is 53.4 Å². The molecule has 1 aliphatic heterocycles. The van der Waals surface area contributed by atoms with Gasteiger partial charge in [0.15, 0.2) is 0 Å². The Bertz CT molecular complexity index is 1040. The SMILES string of the molecule is Cc1ccc2nc(N3CCS(O)(O)c4ccccc4C3)cc(NCCCCN)c2c1. The Labute approximate surface area is 179 Å². The summed E-state index contributed by atoms with van der Waals surface area (Å²) >= 11 is 0. The molecule has 7 heteroatoms. The molecule has 6 nitrogen and oxygen atoms in total. The Kier molecular flexibility index (Phi) is 6.15. The number of nitrogens with two attached hydrogens (primary N) is 1. The highest BCUT2D eigenvalue weighted by molar-refractivity contribution is 8.24. The molecule has 30 heavy (non-hydrogen) atoms. The molecule has 2 aromatic carbocycles. The first-order chi connectivity index (χ1) is 14.5. The van der Waals surface area contributed by atoms with Gasteiger partial charge < -0.3 is 16.0 Å². The van der Waals surface area contributed by atoms with Gasteiger partial charge >= 0.3 is 0 Å². The largest absolute Gasteiger partial charge is 0.384 e. The molecule has 0 radical (unpaired) electrons. The number of rotatable bonds is 6. The summed E-state index contributed by atoms with van der Waals surface area (Å²) in [7, 11) is -2.80. The number of fused-ring (bicyclic) bond motifs is 2. The van der Waals surface area contributed by atoms with Gasteiger partial charge in [0.2, 0.25) is 0 Å². The number of nitrogens with zero attached hydrogens (tertiary/aromatic N) is 2. The fraction of sp³-hybridized carbons (Fsp3) is 0.348. The van der Waals surface area contributed by atoms with Crippen LogP contribution >= 0.6 is 10.6 Å². The zero-order chi connectivity index (χ0) is 21.1. The highest BCUT2D eigenvalue weighted by Gasteiger charge is 2.26. The molecule has 160 valence electrons. The first-order valence-electron chi connectivity index (χ1n) is 10.4. The van der Waals surface area contributed by atoms with Crippen molar-refractivity contribution >= 4 is 33.0 Å². The number of benzene rings is 2. The third kappa shape index (κ3) is 4.39. The van der Waals surface area contributed by atoms with Crippen LogP contribution in [0.4, 0.5) is 11.5 Å². The number of hydrogen-bond acceptors (Lipinski definition) is 6. The number of pyridine rings is 1. The van der Waals surface area contributed by atoms with E-state index in [1.54, 1.807) is 0 Å². The molecule has 0 aliphatic carbocycles. The van der Waals surface area contributed by atoms with E-state index in [0.717, 1.165) is 47.4 Å². The summed E-state index contributed by atoms with van der Waals surface area (Å²) in [4.78, 5) is 7.72. The average Bonchev–Trinajstić information content (AvgIpc) is 2.87. The molecule has 0 fully saturated rings. The normalized spacial score (nSPS) is 16.7. The standard InChI is InChI=1S/C23H30N4O2S/c1-17-8-9-20-19(14-17)21(25-11-5-4-10-24)15-23(26-20)27-12-13-30(28,29)22-7-3-2-6-18(22)16-27/h2-3,6-9,14-15,28-29H,4-5,10-13,16,24H2,1H3,(H,25,26). The summed E-state index contributed by atoms with van der Waals surface area (Å²) < 4.78 is 21.3. The topological polar surface area (TPSA) is 94.6 Å². The smallest absolute Gasteiger partial charge is 0.131 e. The molecule has 0 saturated heterocycles. The van der Waals surface area contributed by atoms with Gasteiger partial charge in [0.1, 0.15) is 5.82 Å². The maximum atomic E-state index is 10.7. The molecule has 0 saturated carbocycles. The summed E-state index contributed by atoms with van der Waals surface area (Å²) in [6.07, 6.45) is 2.00. The second-order valence-electron chi connectivity index (χ2n) is 7.87. The van der Waals surface area contributed by atoms with Crippen molar-refractivity contribution in [3.05, 3.63) is 59.7 Å². The minimum atomic E-state index is -2.80. The van der Waals surface area contributed by atoms with Crippen LogP contribution in [0.3, 0.4) is 0 Å². The van der Waals surface area contributed by atoms with Gasteiger partial charge in [0, 0.05) is 36.8 Å². The Hall–Kier alpha value is -2.32. The molecule has 0 amide bonds. The van der Waals surface area contributed by atoms with E-state index in [-0.39, 0.29) is 0 Å². The van der Waals surface area contributed by atoms with E-state index in [9.17, 15) is 9.11 Å². The fourth-order valence-electron chi connectivity index (χ4n) is 3.91. The third-order valence-electron chi connectivity index (χ3n) is 5.55. The molecule has 0 bridgehead atoms. The predicted octanol–water partition coefficient (Wildman–Crippen LogP) is 4.82. The van der Waals surface area contributed by atoms with E-state index >= 15 is 0 Å². The van der Waals surface area contributed by atoms with Gasteiger partial charge in [0.05, 0.1) is 16.2 Å². The van der Waals surface area contributed by atoms with Crippen molar-refractivity contribution in [3.8, 4) is 0 Å². The van der Waals surface area contributed by atoms with Gasteiger partial charge in [-0.15, -0.1) is 0 Å². The van der Waals surface area contributed by atoms with Crippen molar-refractivity contribution in [3.63, 3.8) is 0 Å². The van der Waals surface area contributed by atoms with Crippen molar-refractivity contribution < 1.29 is 9.11 Å². The average molecular weight is 427 g/mol. The van der Waals surface area contributed by atoms with Crippen LogP contribution < -0.4 is 16.0 Å². The van der Waals surface area contributed by atoms with Crippen molar-refractivity contribution in [2.75, 3.05) is 35.6 Å². The molecule has 1 aromatic heterocycles. The highest BCUT2D eigenvalue weighted by atomic mass is 32.3. The number of aromatic nitrogens is 1. The van der Waals surface area contributed by atoms with Crippen molar-refractivity contribution in [2.45, 2.75) is 31.2 Å².